The first-order valence-electron chi connectivity index (χ1n) is 13.2. The largest absolute Gasteiger partial charge is 0.496 e. The zero-order valence-corrected chi connectivity index (χ0v) is 22.7. The van der Waals surface area contributed by atoms with Crippen LogP contribution < -0.4 is 19.7 Å². The Balaban J connectivity index is 1.36. The molecule has 2 aromatic carbocycles. The van der Waals surface area contributed by atoms with Crippen LogP contribution in [0, 0.1) is 10.1 Å². The molecule has 1 saturated carbocycles. The van der Waals surface area contributed by atoms with Crippen LogP contribution in [0.15, 0.2) is 83.4 Å². The number of pyridine rings is 1. The van der Waals surface area contributed by atoms with Gasteiger partial charge in [0.1, 0.15) is 29.1 Å². The molecule has 40 heavy (non-hydrogen) atoms. The third-order valence-corrected chi connectivity index (χ3v) is 7.71. The van der Waals surface area contributed by atoms with E-state index in [1.165, 1.54) is 32.1 Å². The lowest BCUT2D eigenvalue weighted by atomic mass is 10.0. The van der Waals surface area contributed by atoms with E-state index in [2.05, 4.69) is 10.3 Å². The number of methoxy groups -OCH3 is 1. The fourth-order valence-electron chi connectivity index (χ4n) is 5.46. The van der Waals surface area contributed by atoms with Gasteiger partial charge in [-0.15, -0.1) is 0 Å². The van der Waals surface area contributed by atoms with Crippen molar-refractivity contribution in [2.45, 2.75) is 43.9 Å². The van der Waals surface area contributed by atoms with E-state index in [0.29, 0.717) is 27.9 Å². The predicted octanol–water partition coefficient (Wildman–Crippen LogP) is 6.76. The van der Waals surface area contributed by atoms with Crippen LogP contribution in [0.3, 0.4) is 0 Å². The lowest BCUT2D eigenvalue weighted by Gasteiger charge is -2.26. The van der Waals surface area contributed by atoms with Crippen LogP contribution in [0.2, 0.25) is 0 Å². The zero-order valence-electron chi connectivity index (χ0n) is 21.9. The van der Waals surface area contributed by atoms with Crippen molar-refractivity contribution in [1.82, 2.24) is 10.3 Å². The second kappa shape index (κ2) is 11.0. The summed E-state index contributed by atoms with van der Waals surface area (Å²) in [5.74, 6) is 2.38. The number of thiocarbonyl (C=S) groups is 1. The Morgan fingerprint density at radius 2 is 1.88 bits per heavy atom. The van der Waals surface area contributed by atoms with Crippen LogP contribution in [0.5, 0.6) is 11.5 Å². The van der Waals surface area contributed by atoms with Crippen molar-refractivity contribution in [2.24, 2.45) is 0 Å². The summed E-state index contributed by atoms with van der Waals surface area (Å²) in [6.07, 6.45) is 6.64. The van der Waals surface area contributed by atoms with Gasteiger partial charge in [-0.1, -0.05) is 6.07 Å². The zero-order chi connectivity index (χ0) is 27.6. The Bertz CT molecular complexity index is 1520. The number of nitrogens with one attached hydrogen (secondary N) is 1. The van der Waals surface area contributed by atoms with Crippen LogP contribution >= 0.6 is 12.2 Å². The first kappa shape index (κ1) is 25.8. The fourth-order valence-corrected chi connectivity index (χ4v) is 5.81. The average Bonchev–Trinajstić information content (AvgIpc) is 3.74. The van der Waals surface area contributed by atoms with E-state index >= 15 is 0 Å². The summed E-state index contributed by atoms with van der Waals surface area (Å²) in [4.78, 5) is 17.4. The van der Waals surface area contributed by atoms with Crippen molar-refractivity contribution in [3.63, 3.8) is 0 Å². The van der Waals surface area contributed by atoms with Gasteiger partial charge in [-0.05, 0) is 92.5 Å². The molecular weight excluding hydrogens is 528 g/mol. The maximum atomic E-state index is 11.3. The Morgan fingerprint density at radius 1 is 1.07 bits per heavy atom. The Morgan fingerprint density at radius 3 is 2.58 bits per heavy atom. The highest BCUT2D eigenvalue weighted by molar-refractivity contribution is 7.80. The molecule has 0 bridgehead atoms. The molecule has 0 spiro atoms. The Labute approximate surface area is 236 Å². The van der Waals surface area contributed by atoms with Gasteiger partial charge in [0.25, 0.3) is 5.69 Å². The average molecular weight is 557 g/mol. The summed E-state index contributed by atoms with van der Waals surface area (Å²) in [7, 11) is 1.48. The minimum absolute atomic E-state index is 0.0560. The number of rotatable bonds is 8. The molecule has 3 heterocycles. The molecule has 1 N–H and O–H groups in total. The third-order valence-electron chi connectivity index (χ3n) is 7.40. The molecule has 4 aromatic rings. The number of non-ortho nitro benzene ring substituents is 1. The number of anilines is 1. The van der Waals surface area contributed by atoms with Gasteiger partial charge >= 0.3 is 0 Å². The van der Waals surface area contributed by atoms with Gasteiger partial charge in [0.15, 0.2) is 5.11 Å². The molecule has 2 atom stereocenters. The highest BCUT2D eigenvalue weighted by atomic mass is 32.1. The van der Waals surface area contributed by atoms with Gasteiger partial charge in [0, 0.05) is 18.0 Å². The molecule has 0 amide bonds. The predicted molar refractivity (Wildman–Crippen MR) is 155 cm³/mol. The van der Waals surface area contributed by atoms with E-state index in [-0.39, 0.29) is 23.9 Å². The number of hydrogen-bond donors (Lipinski definition) is 1. The molecule has 1 aliphatic heterocycles. The van der Waals surface area contributed by atoms with E-state index in [0.717, 1.165) is 30.0 Å². The molecule has 1 aliphatic carbocycles. The minimum atomic E-state index is -0.454. The Kier molecular flexibility index (Phi) is 7.08. The van der Waals surface area contributed by atoms with Gasteiger partial charge < -0.3 is 24.1 Å². The second-order valence-electron chi connectivity index (χ2n) is 9.86. The smallest absolute Gasteiger partial charge is 0.273 e. The molecule has 0 radical (unpaired) electrons. The lowest BCUT2D eigenvalue weighted by Crippen LogP contribution is -2.29. The van der Waals surface area contributed by atoms with E-state index in [1.54, 1.807) is 12.3 Å². The second-order valence-corrected chi connectivity index (χ2v) is 10.2. The summed E-state index contributed by atoms with van der Waals surface area (Å²) in [6, 6.07) is 21.3. The van der Waals surface area contributed by atoms with Gasteiger partial charge in [-0.3, -0.25) is 15.1 Å². The molecular formula is C30H28N4O5S. The maximum absolute atomic E-state index is 11.3. The number of nitro benzene ring substituents is 1. The van der Waals surface area contributed by atoms with E-state index in [9.17, 15) is 10.1 Å². The Hall–Kier alpha value is -4.44. The van der Waals surface area contributed by atoms with Crippen molar-refractivity contribution in [2.75, 3.05) is 12.0 Å². The monoisotopic (exact) mass is 556 g/mol. The number of furan rings is 1. The van der Waals surface area contributed by atoms with Crippen molar-refractivity contribution in [3.05, 3.63) is 101 Å². The maximum Gasteiger partial charge on any atom is 0.273 e. The van der Waals surface area contributed by atoms with Crippen molar-refractivity contribution < 1.29 is 18.8 Å². The first-order chi connectivity index (χ1) is 19.5. The minimum Gasteiger partial charge on any atom is -0.496 e. The van der Waals surface area contributed by atoms with Gasteiger partial charge in [-0.25, -0.2) is 0 Å². The van der Waals surface area contributed by atoms with Gasteiger partial charge in [0.2, 0.25) is 0 Å². The molecule has 2 aliphatic rings. The molecule has 9 nitrogen and oxygen atoms in total. The fraction of sp³-hybridized carbons (Fsp3) is 0.267. The van der Waals surface area contributed by atoms with Crippen LogP contribution in [0.4, 0.5) is 11.4 Å². The first-order valence-corrected chi connectivity index (χ1v) is 13.6. The number of benzene rings is 2. The molecule has 0 unspecified atom stereocenters. The van der Waals surface area contributed by atoms with E-state index in [1.807, 2.05) is 59.5 Å². The summed E-state index contributed by atoms with van der Waals surface area (Å²) >= 11 is 5.83. The van der Waals surface area contributed by atoms with Gasteiger partial charge in [-0.2, -0.15) is 0 Å². The highest BCUT2D eigenvalue weighted by Crippen LogP contribution is 2.44. The molecule has 2 aromatic heterocycles. The quantitative estimate of drug-likeness (QED) is 0.143. The lowest BCUT2D eigenvalue weighted by molar-refractivity contribution is -0.384. The molecule has 10 heteroatoms. The standard InChI is InChI=1S/C30H28N4O5S/c1-37-27-18-20(34(35)36)11-14-23(27)25-15-16-26(39-25)29-28(24-8-4-5-17-31-24)32-30(40)33(29)19-9-12-22(13-10-19)38-21-6-2-3-7-21/h4-5,8-18,21,28-29H,2-3,6-7H2,1H3,(H,32,40)/t28-,29+/m1/s1. The molecule has 6 rings (SSSR count). The van der Waals surface area contributed by atoms with Crippen molar-refractivity contribution in [3.8, 4) is 22.8 Å². The number of nitro groups is 1. The normalized spacial score (nSPS) is 19.0. The number of nitrogens with zero attached hydrogens (tertiary/aromatic N) is 3. The van der Waals surface area contributed by atoms with E-state index < -0.39 is 4.92 Å². The van der Waals surface area contributed by atoms with Crippen molar-refractivity contribution >= 4 is 28.7 Å². The van der Waals surface area contributed by atoms with Crippen LogP contribution in [-0.2, 0) is 0 Å². The van der Waals surface area contributed by atoms with Gasteiger partial charge in [0.05, 0.1) is 41.5 Å². The number of aromatic nitrogens is 1. The molecule has 1 saturated heterocycles. The summed E-state index contributed by atoms with van der Waals surface area (Å²) in [6.45, 7) is 0. The highest BCUT2D eigenvalue weighted by Gasteiger charge is 2.42. The summed E-state index contributed by atoms with van der Waals surface area (Å²) in [5.41, 5.74) is 2.27. The number of hydrogen-bond acceptors (Lipinski definition) is 7. The summed E-state index contributed by atoms with van der Waals surface area (Å²) < 4.78 is 18.0. The number of ether oxygens (including phenoxy) is 2. The SMILES string of the molecule is COc1cc([N+](=O)[O-])ccc1-c1ccc([C@H]2[C@@H](c3ccccn3)NC(=S)N2c2ccc(OC3CCCC3)cc2)o1. The summed E-state index contributed by atoms with van der Waals surface area (Å²) in [5, 5.41) is 15.3. The van der Waals surface area contributed by atoms with E-state index in [4.69, 9.17) is 26.1 Å². The molecule has 2 fully saturated rings. The van der Waals surface area contributed by atoms with Crippen LogP contribution in [0.25, 0.3) is 11.3 Å². The van der Waals surface area contributed by atoms with Crippen LogP contribution in [-0.4, -0.2) is 28.2 Å². The molecule has 204 valence electrons. The van der Waals surface area contributed by atoms with Crippen LogP contribution in [0.1, 0.15) is 49.2 Å². The third kappa shape index (κ3) is 4.98. The van der Waals surface area contributed by atoms with Crippen molar-refractivity contribution in [1.29, 1.82) is 0 Å². The topological polar surface area (TPSA) is 103 Å².